The topological polar surface area (TPSA) is 83.6 Å². The van der Waals surface area contributed by atoms with Gasteiger partial charge in [-0.25, -0.2) is 4.98 Å². The Morgan fingerprint density at radius 2 is 2.15 bits per heavy atom. The van der Waals surface area contributed by atoms with E-state index in [0.29, 0.717) is 35.2 Å². The van der Waals surface area contributed by atoms with Gasteiger partial charge in [0.25, 0.3) is 5.91 Å². The molecule has 27 heavy (non-hydrogen) atoms. The molecule has 0 saturated heterocycles. The number of anilines is 2. The van der Waals surface area contributed by atoms with E-state index in [4.69, 9.17) is 16.3 Å². The second-order valence-corrected chi connectivity index (χ2v) is 6.82. The van der Waals surface area contributed by atoms with Crippen molar-refractivity contribution >= 4 is 34.9 Å². The van der Waals surface area contributed by atoms with Crippen molar-refractivity contribution < 1.29 is 14.3 Å². The van der Waals surface area contributed by atoms with Gasteiger partial charge in [0, 0.05) is 24.4 Å². The number of benzene rings is 1. The van der Waals surface area contributed by atoms with E-state index in [9.17, 15) is 9.59 Å². The minimum Gasteiger partial charge on any atom is -0.383 e. The first kappa shape index (κ1) is 19.1. The Hall–Kier alpha value is -2.64. The summed E-state index contributed by atoms with van der Waals surface area (Å²) in [5, 5.41) is 6.47. The lowest BCUT2D eigenvalue weighted by Gasteiger charge is -2.30. The van der Waals surface area contributed by atoms with Crippen molar-refractivity contribution in [1.29, 1.82) is 0 Å². The van der Waals surface area contributed by atoms with Crippen molar-refractivity contribution in [3.8, 4) is 0 Å². The first-order valence-electron chi connectivity index (χ1n) is 8.56. The van der Waals surface area contributed by atoms with Crippen molar-refractivity contribution in [2.45, 2.75) is 19.5 Å². The fraction of sp³-hybridized carbons (Fsp3) is 0.316. The lowest BCUT2D eigenvalue weighted by atomic mass is 10.1. The molecule has 3 rings (SSSR count). The van der Waals surface area contributed by atoms with E-state index in [-0.39, 0.29) is 24.4 Å². The van der Waals surface area contributed by atoms with E-state index < -0.39 is 0 Å². The van der Waals surface area contributed by atoms with Crippen molar-refractivity contribution in [1.82, 2.24) is 10.3 Å². The van der Waals surface area contributed by atoms with Crippen LogP contribution in [0.4, 0.5) is 11.5 Å². The summed E-state index contributed by atoms with van der Waals surface area (Å²) in [6.07, 6.45) is 1.50. The molecule has 142 valence electrons. The van der Waals surface area contributed by atoms with E-state index >= 15 is 0 Å². The maximum atomic E-state index is 12.5. The van der Waals surface area contributed by atoms with Crippen molar-refractivity contribution in [3.63, 3.8) is 0 Å². The zero-order valence-corrected chi connectivity index (χ0v) is 15.9. The van der Waals surface area contributed by atoms with E-state index in [1.807, 2.05) is 19.1 Å². The number of aromatic nitrogens is 1. The smallest absolute Gasteiger partial charge is 0.253 e. The molecule has 2 aromatic rings. The molecular formula is C19H21ClN4O3. The number of nitrogens with zero attached hydrogens (tertiary/aromatic N) is 2. The molecule has 8 heteroatoms. The minimum absolute atomic E-state index is 0.0930. The van der Waals surface area contributed by atoms with Gasteiger partial charge in [-0.05, 0) is 30.7 Å². The molecule has 0 saturated carbocycles. The molecular weight excluding hydrogens is 368 g/mol. The molecule has 2 heterocycles. The van der Waals surface area contributed by atoms with Crippen LogP contribution in [0.2, 0.25) is 5.02 Å². The average molecular weight is 389 g/mol. The third-order valence-electron chi connectivity index (χ3n) is 4.18. The summed E-state index contributed by atoms with van der Waals surface area (Å²) < 4.78 is 5.03. The molecule has 1 unspecified atom stereocenters. The highest BCUT2D eigenvalue weighted by Gasteiger charge is 2.26. The van der Waals surface area contributed by atoms with Crippen LogP contribution in [0.25, 0.3) is 0 Å². The number of pyridine rings is 1. The first-order chi connectivity index (χ1) is 13.0. The van der Waals surface area contributed by atoms with Crippen molar-refractivity contribution in [3.05, 3.63) is 52.7 Å². The van der Waals surface area contributed by atoms with Crippen LogP contribution in [-0.4, -0.2) is 43.1 Å². The van der Waals surface area contributed by atoms with Crippen LogP contribution in [0.15, 0.2) is 36.5 Å². The zero-order chi connectivity index (χ0) is 19.4. The molecule has 1 aromatic carbocycles. The van der Waals surface area contributed by atoms with E-state index in [0.717, 1.165) is 5.56 Å². The van der Waals surface area contributed by atoms with E-state index in [1.54, 1.807) is 30.2 Å². The summed E-state index contributed by atoms with van der Waals surface area (Å²) in [5.41, 5.74) is 1.90. The van der Waals surface area contributed by atoms with E-state index in [1.165, 1.54) is 6.20 Å². The molecule has 2 amide bonds. The van der Waals surface area contributed by atoms with Crippen LogP contribution >= 0.6 is 11.6 Å². The largest absolute Gasteiger partial charge is 0.383 e. The maximum absolute atomic E-state index is 12.5. The van der Waals surface area contributed by atoms with Gasteiger partial charge in [-0.1, -0.05) is 23.7 Å². The van der Waals surface area contributed by atoms with Gasteiger partial charge in [-0.3, -0.25) is 9.59 Å². The number of ether oxygens (including phenoxy) is 1. The summed E-state index contributed by atoms with van der Waals surface area (Å²) in [6, 6.07) is 8.84. The summed E-state index contributed by atoms with van der Waals surface area (Å²) in [7, 11) is 1.58. The van der Waals surface area contributed by atoms with Gasteiger partial charge in [-0.15, -0.1) is 0 Å². The standard InChI is InChI=1S/C19H21ClN4O3/c1-12(11-27-2)23-19(26)14-7-16-18(21-8-14)22-9-17(25)24(16)10-13-3-5-15(20)6-4-13/h3-8,12H,9-11H2,1-2H3,(H,21,22)(H,23,26). The lowest BCUT2D eigenvalue weighted by Crippen LogP contribution is -2.40. The molecule has 0 radical (unpaired) electrons. The van der Waals surface area contributed by atoms with Gasteiger partial charge in [0.05, 0.1) is 30.9 Å². The Bertz CT molecular complexity index is 841. The van der Waals surface area contributed by atoms with E-state index in [2.05, 4.69) is 15.6 Å². The molecule has 2 N–H and O–H groups in total. The summed E-state index contributed by atoms with van der Waals surface area (Å²) in [5.74, 6) is 0.217. The molecule has 1 aliphatic rings. The van der Waals surface area contributed by atoms with Crippen LogP contribution in [0.1, 0.15) is 22.8 Å². The van der Waals surface area contributed by atoms with Gasteiger partial charge in [-0.2, -0.15) is 0 Å². The normalized spacial score (nSPS) is 14.3. The lowest BCUT2D eigenvalue weighted by molar-refractivity contribution is -0.117. The highest BCUT2D eigenvalue weighted by molar-refractivity contribution is 6.30. The van der Waals surface area contributed by atoms with Crippen LogP contribution in [-0.2, 0) is 16.1 Å². The molecule has 0 bridgehead atoms. The number of nitrogens with one attached hydrogen (secondary N) is 2. The van der Waals surface area contributed by atoms with Gasteiger partial charge in [0.2, 0.25) is 5.91 Å². The fourth-order valence-corrected chi connectivity index (χ4v) is 2.98. The number of methoxy groups -OCH3 is 1. The number of halogens is 1. The highest BCUT2D eigenvalue weighted by Crippen LogP contribution is 2.30. The predicted molar refractivity (Wildman–Crippen MR) is 104 cm³/mol. The van der Waals surface area contributed by atoms with Crippen LogP contribution in [0.5, 0.6) is 0 Å². The fourth-order valence-electron chi connectivity index (χ4n) is 2.85. The number of hydrogen-bond acceptors (Lipinski definition) is 5. The Kier molecular flexibility index (Phi) is 5.93. The van der Waals surface area contributed by atoms with Crippen LogP contribution in [0, 0.1) is 0 Å². The summed E-state index contributed by atoms with van der Waals surface area (Å²) in [4.78, 5) is 30.9. The number of fused-ring (bicyclic) bond motifs is 1. The monoisotopic (exact) mass is 388 g/mol. The zero-order valence-electron chi connectivity index (χ0n) is 15.2. The summed E-state index contributed by atoms with van der Waals surface area (Å²) >= 11 is 5.93. The predicted octanol–water partition coefficient (Wildman–Crippen LogP) is 2.46. The molecule has 0 spiro atoms. The highest BCUT2D eigenvalue weighted by atomic mass is 35.5. The third kappa shape index (κ3) is 4.56. The second kappa shape index (κ2) is 8.37. The number of rotatable bonds is 6. The molecule has 1 aliphatic heterocycles. The van der Waals surface area contributed by atoms with Crippen LogP contribution in [0.3, 0.4) is 0 Å². The Morgan fingerprint density at radius 3 is 2.85 bits per heavy atom. The second-order valence-electron chi connectivity index (χ2n) is 6.38. The van der Waals surface area contributed by atoms with Crippen LogP contribution < -0.4 is 15.5 Å². The Morgan fingerprint density at radius 1 is 1.41 bits per heavy atom. The SMILES string of the molecule is COCC(C)NC(=O)c1cnc2c(c1)N(Cc1ccc(Cl)cc1)C(=O)CN2. The number of carbonyl (C=O) groups excluding carboxylic acids is 2. The summed E-state index contributed by atoms with van der Waals surface area (Å²) in [6.45, 7) is 2.79. The number of hydrogen-bond donors (Lipinski definition) is 2. The number of carbonyl (C=O) groups is 2. The quantitative estimate of drug-likeness (QED) is 0.794. The molecule has 0 fully saturated rings. The molecule has 7 nitrogen and oxygen atoms in total. The number of amides is 2. The van der Waals surface area contributed by atoms with Gasteiger partial charge in [0.15, 0.2) is 5.82 Å². The van der Waals surface area contributed by atoms with Crippen molar-refractivity contribution in [2.24, 2.45) is 0 Å². The maximum Gasteiger partial charge on any atom is 0.253 e. The molecule has 1 aromatic heterocycles. The molecule has 1 atom stereocenters. The average Bonchev–Trinajstić information content (AvgIpc) is 2.65. The van der Waals surface area contributed by atoms with Gasteiger partial charge >= 0.3 is 0 Å². The van der Waals surface area contributed by atoms with Crippen molar-refractivity contribution in [2.75, 3.05) is 30.5 Å². The van der Waals surface area contributed by atoms with Gasteiger partial charge in [0.1, 0.15) is 0 Å². The minimum atomic E-state index is -0.265. The Labute approximate surface area is 162 Å². The Balaban J connectivity index is 1.85. The molecule has 0 aliphatic carbocycles. The third-order valence-corrected chi connectivity index (χ3v) is 4.43. The van der Waals surface area contributed by atoms with Gasteiger partial charge < -0.3 is 20.3 Å². The first-order valence-corrected chi connectivity index (χ1v) is 8.94.